The van der Waals surface area contributed by atoms with Gasteiger partial charge in [-0.15, -0.1) is 0 Å². The van der Waals surface area contributed by atoms with Gasteiger partial charge in [-0.1, -0.05) is 0 Å². The molecule has 0 spiro atoms. The van der Waals surface area contributed by atoms with Crippen molar-refractivity contribution < 1.29 is 4.79 Å². The van der Waals surface area contributed by atoms with Gasteiger partial charge in [-0.05, 0) is 25.3 Å². The van der Waals surface area contributed by atoms with Crippen molar-refractivity contribution in [1.29, 1.82) is 0 Å². The lowest BCUT2D eigenvalue weighted by atomic mass is 9.81. The molecule has 2 fully saturated rings. The molecule has 0 unspecified atom stereocenters. The van der Waals surface area contributed by atoms with Crippen LogP contribution in [0.5, 0.6) is 0 Å². The minimum Gasteiger partial charge on any atom is -0.306 e. The fourth-order valence-electron chi connectivity index (χ4n) is 2.47. The first-order valence-electron chi connectivity index (χ1n) is 4.46. The SMILES string of the molecule is CN1C[C@H]2CC(=O)CC[C@H]2C1. The van der Waals surface area contributed by atoms with Crippen molar-refractivity contribution >= 4 is 5.78 Å². The molecule has 0 amide bonds. The summed E-state index contributed by atoms with van der Waals surface area (Å²) in [6.45, 7) is 2.37. The Balaban J connectivity index is 2.02. The summed E-state index contributed by atoms with van der Waals surface area (Å²) in [7, 11) is 2.16. The predicted molar refractivity (Wildman–Crippen MR) is 43.3 cm³/mol. The number of Topliss-reactive ketones (excluding diaryl/α,β-unsaturated/α-hetero) is 1. The van der Waals surface area contributed by atoms with Gasteiger partial charge in [0.05, 0.1) is 0 Å². The molecule has 1 aliphatic heterocycles. The molecule has 1 heterocycles. The molecule has 2 aliphatic rings. The van der Waals surface area contributed by atoms with Gasteiger partial charge in [0.2, 0.25) is 0 Å². The lowest BCUT2D eigenvalue weighted by molar-refractivity contribution is -0.122. The van der Waals surface area contributed by atoms with Crippen molar-refractivity contribution in [2.75, 3.05) is 20.1 Å². The van der Waals surface area contributed by atoms with Gasteiger partial charge in [0.1, 0.15) is 5.78 Å². The zero-order valence-electron chi connectivity index (χ0n) is 7.05. The van der Waals surface area contributed by atoms with Crippen LogP contribution in [0.4, 0.5) is 0 Å². The van der Waals surface area contributed by atoms with Crippen LogP contribution in [-0.4, -0.2) is 30.8 Å². The molecule has 1 saturated heterocycles. The second-order valence-electron chi connectivity index (χ2n) is 4.02. The normalized spacial score (nSPS) is 39.2. The fourth-order valence-corrected chi connectivity index (χ4v) is 2.47. The molecule has 11 heavy (non-hydrogen) atoms. The maximum atomic E-state index is 11.1. The zero-order chi connectivity index (χ0) is 7.84. The molecule has 2 rings (SSSR count). The van der Waals surface area contributed by atoms with Gasteiger partial charge >= 0.3 is 0 Å². The molecule has 1 saturated carbocycles. The third-order valence-electron chi connectivity index (χ3n) is 3.04. The average Bonchev–Trinajstić information content (AvgIpc) is 2.27. The van der Waals surface area contributed by atoms with Crippen LogP contribution in [0.15, 0.2) is 0 Å². The second-order valence-corrected chi connectivity index (χ2v) is 4.02. The monoisotopic (exact) mass is 153 g/mol. The molecule has 0 N–H and O–H groups in total. The van der Waals surface area contributed by atoms with E-state index in [0.29, 0.717) is 11.7 Å². The van der Waals surface area contributed by atoms with Gasteiger partial charge in [-0.3, -0.25) is 4.79 Å². The highest BCUT2D eigenvalue weighted by Gasteiger charge is 2.35. The van der Waals surface area contributed by atoms with Crippen LogP contribution < -0.4 is 0 Å². The van der Waals surface area contributed by atoms with Gasteiger partial charge in [0, 0.05) is 25.9 Å². The minimum absolute atomic E-state index is 0.488. The van der Waals surface area contributed by atoms with Crippen molar-refractivity contribution in [3.05, 3.63) is 0 Å². The molecule has 0 aromatic heterocycles. The summed E-state index contributed by atoms with van der Waals surface area (Å²) in [6.07, 6.45) is 2.85. The maximum absolute atomic E-state index is 11.1. The lowest BCUT2D eigenvalue weighted by Gasteiger charge is -2.22. The van der Waals surface area contributed by atoms with E-state index in [1.807, 2.05) is 0 Å². The highest BCUT2D eigenvalue weighted by molar-refractivity contribution is 5.79. The number of ketones is 1. The highest BCUT2D eigenvalue weighted by atomic mass is 16.1. The molecule has 0 aromatic rings. The largest absolute Gasteiger partial charge is 0.306 e. The van der Waals surface area contributed by atoms with Crippen LogP contribution in [0, 0.1) is 11.8 Å². The number of nitrogens with zero attached hydrogens (tertiary/aromatic N) is 1. The second kappa shape index (κ2) is 2.59. The Bertz CT molecular complexity index is 178. The molecule has 2 nitrogen and oxygen atoms in total. The Labute approximate surface area is 67.6 Å². The van der Waals surface area contributed by atoms with Crippen molar-refractivity contribution in [1.82, 2.24) is 4.90 Å². The Kier molecular flexibility index (Phi) is 1.72. The van der Waals surface area contributed by atoms with Gasteiger partial charge in [-0.2, -0.15) is 0 Å². The number of rotatable bonds is 0. The zero-order valence-corrected chi connectivity index (χ0v) is 7.05. The summed E-state index contributed by atoms with van der Waals surface area (Å²) in [6, 6.07) is 0. The van der Waals surface area contributed by atoms with Gasteiger partial charge in [0.25, 0.3) is 0 Å². The first-order chi connectivity index (χ1) is 5.25. The number of likely N-dealkylation sites (tertiary alicyclic amines) is 1. The van der Waals surface area contributed by atoms with E-state index in [1.165, 1.54) is 6.54 Å². The third-order valence-corrected chi connectivity index (χ3v) is 3.04. The van der Waals surface area contributed by atoms with Crippen molar-refractivity contribution in [3.63, 3.8) is 0 Å². The van der Waals surface area contributed by atoms with Gasteiger partial charge < -0.3 is 4.90 Å². The van der Waals surface area contributed by atoms with E-state index in [1.54, 1.807) is 0 Å². The molecule has 1 aliphatic carbocycles. The number of carbonyl (C=O) groups is 1. The van der Waals surface area contributed by atoms with Gasteiger partial charge in [0.15, 0.2) is 0 Å². The molecule has 2 heteroatoms. The molecular weight excluding hydrogens is 138 g/mol. The van der Waals surface area contributed by atoms with Crippen molar-refractivity contribution in [3.8, 4) is 0 Å². The van der Waals surface area contributed by atoms with Crippen LogP contribution >= 0.6 is 0 Å². The highest BCUT2D eigenvalue weighted by Crippen LogP contribution is 2.33. The molecule has 0 bridgehead atoms. The summed E-state index contributed by atoms with van der Waals surface area (Å²) >= 11 is 0. The maximum Gasteiger partial charge on any atom is 0.133 e. The van der Waals surface area contributed by atoms with Crippen LogP contribution in [0.2, 0.25) is 0 Å². The molecule has 62 valence electrons. The number of carbonyl (C=O) groups excluding carboxylic acids is 1. The molecule has 0 radical (unpaired) electrons. The van der Waals surface area contributed by atoms with E-state index < -0.39 is 0 Å². The van der Waals surface area contributed by atoms with Crippen LogP contribution in [0.3, 0.4) is 0 Å². The summed E-state index contributed by atoms with van der Waals surface area (Å²) in [5, 5.41) is 0. The Morgan fingerprint density at radius 1 is 1.36 bits per heavy atom. The topological polar surface area (TPSA) is 20.3 Å². The first kappa shape index (κ1) is 7.29. The minimum atomic E-state index is 0.488. The predicted octanol–water partition coefficient (Wildman–Crippen LogP) is 0.917. The van der Waals surface area contributed by atoms with Gasteiger partial charge in [-0.25, -0.2) is 0 Å². The molecule has 2 atom stereocenters. The smallest absolute Gasteiger partial charge is 0.133 e. The number of hydrogen-bond acceptors (Lipinski definition) is 2. The summed E-state index contributed by atoms with van der Waals surface area (Å²) in [5.74, 6) is 2.01. The number of fused-ring (bicyclic) bond motifs is 1. The number of hydrogen-bond donors (Lipinski definition) is 0. The standard InChI is InChI=1S/C9H15NO/c1-10-5-7-2-3-9(11)4-8(7)6-10/h7-8H,2-6H2,1H3/t7-,8+/m0/s1. The Hall–Kier alpha value is -0.370. The Morgan fingerprint density at radius 2 is 2.09 bits per heavy atom. The van der Waals surface area contributed by atoms with Crippen molar-refractivity contribution in [2.45, 2.75) is 19.3 Å². The van der Waals surface area contributed by atoms with E-state index in [0.717, 1.165) is 31.7 Å². The summed E-state index contributed by atoms with van der Waals surface area (Å²) < 4.78 is 0. The third kappa shape index (κ3) is 1.32. The van der Waals surface area contributed by atoms with Crippen molar-refractivity contribution in [2.24, 2.45) is 11.8 Å². The average molecular weight is 153 g/mol. The van der Waals surface area contributed by atoms with Crippen LogP contribution in [-0.2, 0) is 4.79 Å². The van der Waals surface area contributed by atoms with E-state index >= 15 is 0 Å². The fraction of sp³-hybridized carbons (Fsp3) is 0.889. The Morgan fingerprint density at radius 3 is 2.91 bits per heavy atom. The summed E-state index contributed by atoms with van der Waals surface area (Å²) in [4.78, 5) is 13.4. The summed E-state index contributed by atoms with van der Waals surface area (Å²) in [5.41, 5.74) is 0. The molecule has 0 aromatic carbocycles. The van der Waals surface area contributed by atoms with Crippen LogP contribution in [0.1, 0.15) is 19.3 Å². The lowest BCUT2D eigenvalue weighted by Crippen LogP contribution is -2.23. The quantitative estimate of drug-likeness (QED) is 0.515. The van der Waals surface area contributed by atoms with E-state index in [-0.39, 0.29) is 0 Å². The van der Waals surface area contributed by atoms with E-state index in [9.17, 15) is 4.79 Å². The molecular formula is C9H15NO. The first-order valence-corrected chi connectivity index (χ1v) is 4.46. The van der Waals surface area contributed by atoms with Crippen LogP contribution in [0.25, 0.3) is 0 Å². The van der Waals surface area contributed by atoms with E-state index in [4.69, 9.17) is 0 Å². The van der Waals surface area contributed by atoms with E-state index in [2.05, 4.69) is 11.9 Å².